The van der Waals surface area contributed by atoms with Crippen molar-refractivity contribution < 1.29 is 9.47 Å². The lowest BCUT2D eigenvalue weighted by atomic mass is 9.96. The first-order chi connectivity index (χ1) is 15.2. The lowest BCUT2D eigenvalue weighted by Crippen LogP contribution is -2.52. The smallest absolute Gasteiger partial charge is 0.207 e. The molecule has 31 heavy (non-hydrogen) atoms. The van der Waals surface area contributed by atoms with Crippen molar-refractivity contribution in [3.8, 4) is 17.7 Å². The minimum Gasteiger partial charge on any atom is -0.493 e. The highest BCUT2D eigenvalue weighted by Crippen LogP contribution is 2.35. The predicted molar refractivity (Wildman–Crippen MR) is 119 cm³/mol. The molecule has 0 spiro atoms. The highest BCUT2D eigenvalue weighted by Gasteiger charge is 2.24. The number of aromatic nitrogens is 2. The molecule has 2 heterocycles. The molecule has 0 amide bonds. The summed E-state index contributed by atoms with van der Waals surface area (Å²) < 4.78 is 10.9. The molecule has 2 aromatic rings. The van der Waals surface area contributed by atoms with Crippen molar-refractivity contribution in [1.82, 2.24) is 20.2 Å². The topological polar surface area (TPSA) is 98.9 Å². The van der Waals surface area contributed by atoms with Crippen LogP contribution in [0, 0.1) is 11.5 Å². The number of aliphatic imine (C=N–C) groups is 1. The van der Waals surface area contributed by atoms with Gasteiger partial charge in [0.2, 0.25) is 5.96 Å². The number of hydrogen-bond donors (Lipinski definition) is 1. The third kappa shape index (κ3) is 4.58. The average molecular weight is 424 g/mol. The Hall–Kier alpha value is -3.28. The lowest BCUT2D eigenvalue weighted by molar-refractivity contribution is 0.355. The summed E-state index contributed by atoms with van der Waals surface area (Å²) in [5.41, 5.74) is 0.816. The molecule has 9 heteroatoms. The quantitative estimate of drug-likeness (QED) is 0.347. The van der Waals surface area contributed by atoms with Gasteiger partial charge < -0.3 is 19.3 Å². The van der Waals surface area contributed by atoms with Crippen molar-refractivity contribution in [2.45, 2.75) is 38.1 Å². The van der Waals surface area contributed by atoms with Crippen LogP contribution >= 0.6 is 0 Å². The summed E-state index contributed by atoms with van der Waals surface area (Å²) in [7, 11) is 3.24. The fraction of sp³-hybridized carbons (Fsp3) is 0.545. The Kier molecular flexibility index (Phi) is 6.55. The maximum absolute atomic E-state index is 9.22. The molecule has 2 aliphatic rings. The molecule has 1 aromatic carbocycles. The van der Waals surface area contributed by atoms with Gasteiger partial charge in [0.05, 0.1) is 25.8 Å². The Bertz CT molecular complexity index is 974. The SMILES string of the molecule is COc1cc2ncnc(N3CCN(C(=NC4CCCCC4)NC#N)CC3)c2cc1OC. The number of methoxy groups -OCH3 is 2. The van der Waals surface area contributed by atoms with Crippen molar-refractivity contribution in [2.24, 2.45) is 4.99 Å². The van der Waals surface area contributed by atoms with Crippen molar-refractivity contribution in [1.29, 1.82) is 5.26 Å². The fourth-order valence-corrected chi connectivity index (χ4v) is 4.38. The molecule has 1 aliphatic carbocycles. The number of benzene rings is 1. The zero-order valence-electron chi connectivity index (χ0n) is 18.2. The van der Waals surface area contributed by atoms with Gasteiger partial charge in [0.15, 0.2) is 17.7 Å². The highest BCUT2D eigenvalue weighted by molar-refractivity contribution is 5.92. The minimum atomic E-state index is 0.316. The second-order valence-corrected chi connectivity index (χ2v) is 7.88. The molecule has 1 saturated heterocycles. The third-order valence-corrected chi connectivity index (χ3v) is 6.05. The van der Waals surface area contributed by atoms with E-state index in [0.29, 0.717) is 23.5 Å². The molecule has 0 atom stereocenters. The first-order valence-electron chi connectivity index (χ1n) is 10.8. The third-order valence-electron chi connectivity index (χ3n) is 6.05. The molecule has 2 fully saturated rings. The van der Waals surface area contributed by atoms with E-state index in [1.807, 2.05) is 12.1 Å². The van der Waals surface area contributed by atoms with Gasteiger partial charge in [0.1, 0.15) is 12.1 Å². The Morgan fingerprint density at radius 2 is 1.77 bits per heavy atom. The summed E-state index contributed by atoms with van der Waals surface area (Å²) >= 11 is 0. The number of piperazine rings is 1. The Morgan fingerprint density at radius 1 is 1.06 bits per heavy atom. The molecule has 1 aliphatic heterocycles. The van der Waals surface area contributed by atoms with Gasteiger partial charge in [-0.15, -0.1) is 0 Å². The van der Waals surface area contributed by atoms with Crippen LogP contribution in [-0.2, 0) is 0 Å². The van der Waals surface area contributed by atoms with E-state index >= 15 is 0 Å². The van der Waals surface area contributed by atoms with Crippen LogP contribution in [0.25, 0.3) is 10.9 Å². The molecular formula is C22H29N7O2. The van der Waals surface area contributed by atoms with Crippen LogP contribution < -0.4 is 19.7 Å². The number of ether oxygens (including phenoxy) is 2. The minimum absolute atomic E-state index is 0.316. The van der Waals surface area contributed by atoms with Crippen LogP contribution in [0.2, 0.25) is 0 Å². The van der Waals surface area contributed by atoms with Gasteiger partial charge in [-0.25, -0.2) is 15.0 Å². The van der Waals surface area contributed by atoms with Crippen LogP contribution in [0.15, 0.2) is 23.5 Å². The predicted octanol–water partition coefficient (Wildman–Crippen LogP) is 2.53. The van der Waals surface area contributed by atoms with Gasteiger partial charge in [-0.3, -0.25) is 5.32 Å². The lowest BCUT2D eigenvalue weighted by Gasteiger charge is -2.37. The molecule has 0 radical (unpaired) electrons. The van der Waals surface area contributed by atoms with Gasteiger partial charge in [-0.1, -0.05) is 19.3 Å². The number of fused-ring (bicyclic) bond motifs is 1. The molecular weight excluding hydrogens is 394 g/mol. The van der Waals surface area contributed by atoms with E-state index in [1.54, 1.807) is 20.5 Å². The number of hydrogen-bond acceptors (Lipinski definition) is 7. The molecule has 9 nitrogen and oxygen atoms in total. The normalized spacial score (nSPS) is 18.0. The van der Waals surface area contributed by atoms with Crippen LogP contribution in [-0.4, -0.2) is 67.3 Å². The standard InChI is InChI=1S/C22H29N7O2/c1-30-19-12-17-18(13-20(19)31-2)25-15-26-21(17)28-8-10-29(11-9-28)22(24-14-23)27-16-6-4-3-5-7-16/h12-13,15-16H,3-11H2,1-2H3,(H,24,27). The van der Waals surface area contributed by atoms with Gasteiger partial charge in [0, 0.05) is 37.6 Å². The number of nitriles is 1. The average Bonchev–Trinajstić information content (AvgIpc) is 2.83. The molecule has 0 bridgehead atoms. The van der Waals surface area contributed by atoms with Gasteiger partial charge in [-0.2, -0.15) is 5.26 Å². The molecule has 4 rings (SSSR count). The van der Waals surface area contributed by atoms with Crippen LogP contribution in [0.3, 0.4) is 0 Å². The van der Waals surface area contributed by atoms with Gasteiger partial charge in [0.25, 0.3) is 0 Å². The summed E-state index contributed by atoms with van der Waals surface area (Å²) in [4.78, 5) is 18.3. The zero-order valence-corrected chi connectivity index (χ0v) is 18.2. The van der Waals surface area contributed by atoms with E-state index in [4.69, 9.17) is 14.5 Å². The highest BCUT2D eigenvalue weighted by atomic mass is 16.5. The number of nitrogens with zero attached hydrogens (tertiary/aromatic N) is 6. The maximum atomic E-state index is 9.22. The second kappa shape index (κ2) is 9.69. The van der Waals surface area contributed by atoms with Crippen molar-refractivity contribution >= 4 is 22.7 Å². The molecule has 0 unspecified atom stereocenters. The molecule has 1 N–H and O–H groups in total. The van der Waals surface area contributed by atoms with Crippen molar-refractivity contribution in [3.63, 3.8) is 0 Å². The fourth-order valence-electron chi connectivity index (χ4n) is 4.38. The summed E-state index contributed by atoms with van der Waals surface area (Å²) in [6.45, 7) is 3.08. The maximum Gasteiger partial charge on any atom is 0.207 e. The van der Waals surface area contributed by atoms with E-state index < -0.39 is 0 Å². The number of rotatable bonds is 4. The van der Waals surface area contributed by atoms with E-state index in [1.165, 1.54) is 19.3 Å². The first-order valence-corrected chi connectivity index (χ1v) is 10.8. The summed E-state index contributed by atoms with van der Waals surface area (Å²) in [6, 6.07) is 4.13. The Balaban J connectivity index is 1.52. The number of anilines is 1. The Labute approximate surface area is 182 Å². The van der Waals surface area contributed by atoms with Crippen LogP contribution in [0.5, 0.6) is 11.5 Å². The number of guanidine groups is 1. The number of nitrogens with one attached hydrogen (secondary N) is 1. The van der Waals surface area contributed by atoms with E-state index in [2.05, 4.69) is 31.3 Å². The molecule has 164 valence electrons. The first kappa shape index (κ1) is 21.0. The molecule has 1 saturated carbocycles. The molecule has 1 aromatic heterocycles. The summed E-state index contributed by atoms with van der Waals surface area (Å²) in [5.74, 6) is 2.89. The monoisotopic (exact) mass is 423 g/mol. The van der Waals surface area contributed by atoms with Crippen molar-refractivity contribution in [3.05, 3.63) is 18.5 Å². The van der Waals surface area contributed by atoms with Crippen molar-refractivity contribution in [2.75, 3.05) is 45.3 Å². The second-order valence-electron chi connectivity index (χ2n) is 7.88. The van der Waals surface area contributed by atoms with Crippen LogP contribution in [0.1, 0.15) is 32.1 Å². The Morgan fingerprint density at radius 3 is 2.45 bits per heavy atom. The largest absolute Gasteiger partial charge is 0.493 e. The van der Waals surface area contributed by atoms with Gasteiger partial charge >= 0.3 is 0 Å². The van der Waals surface area contributed by atoms with Crippen LogP contribution in [0.4, 0.5) is 5.82 Å². The van der Waals surface area contributed by atoms with E-state index in [-0.39, 0.29) is 0 Å². The summed E-state index contributed by atoms with van der Waals surface area (Å²) in [6.07, 6.45) is 9.59. The zero-order chi connectivity index (χ0) is 21.6. The summed E-state index contributed by atoms with van der Waals surface area (Å²) in [5, 5.41) is 13.0. The van der Waals surface area contributed by atoms with E-state index in [0.717, 1.165) is 55.7 Å². The van der Waals surface area contributed by atoms with Gasteiger partial charge in [-0.05, 0) is 18.9 Å². The van der Waals surface area contributed by atoms with E-state index in [9.17, 15) is 5.26 Å².